The van der Waals surface area contributed by atoms with E-state index in [0.717, 1.165) is 0 Å². The zero-order chi connectivity index (χ0) is 7.65. The molecule has 6 N–H and O–H groups in total. The zero-order valence-electron chi connectivity index (χ0n) is 5.72. The van der Waals surface area contributed by atoms with Crippen molar-refractivity contribution in [2.75, 3.05) is 0 Å². The lowest BCUT2D eigenvalue weighted by Crippen LogP contribution is -2.55. The highest BCUT2D eigenvalue weighted by atomic mass is 16.1. The average molecular weight is 131 g/mol. The minimum absolute atomic E-state index is 0.470. The van der Waals surface area contributed by atoms with Crippen LogP contribution in [-0.2, 0) is 4.79 Å². The highest BCUT2D eigenvalue weighted by Crippen LogP contribution is 2.04. The van der Waals surface area contributed by atoms with Gasteiger partial charge in [0.05, 0.1) is 11.6 Å². The van der Waals surface area contributed by atoms with Crippen LogP contribution in [0.15, 0.2) is 0 Å². The monoisotopic (exact) mass is 131 g/mol. The van der Waals surface area contributed by atoms with Gasteiger partial charge >= 0.3 is 0 Å². The lowest BCUT2D eigenvalue weighted by molar-refractivity contribution is -0.122. The Bertz CT molecular complexity index is 116. The Labute approximate surface area is 54.4 Å². The number of carbonyl (C=O) groups is 1. The van der Waals surface area contributed by atoms with Crippen LogP contribution in [0.1, 0.15) is 13.8 Å². The van der Waals surface area contributed by atoms with Crippen molar-refractivity contribution in [1.29, 1.82) is 0 Å². The third kappa shape index (κ3) is 2.43. The molecule has 0 aromatic carbocycles. The van der Waals surface area contributed by atoms with Crippen LogP contribution in [0.25, 0.3) is 0 Å². The van der Waals surface area contributed by atoms with Gasteiger partial charge < -0.3 is 17.2 Å². The Hall–Kier alpha value is -0.610. The van der Waals surface area contributed by atoms with Crippen LogP contribution < -0.4 is 17.2 Å². The number of amides is 1. The first-order valence-corrected chi connectivity index (χ1v) is 2.72. The molecule has 0 rings (SSSR count). The number of hydrogen-bond donors (Lipinski definition) is 3. The molecule has 0 spiro atoms. The highest BCUT2D eigenvalue weighted by molar-refractivity contribution is 5.77. The fourth-order valence-corrected chi connectivity index (χ4v) is 0.307. The Kier molecular flexibility index (Phi) is 2.17. The minimum Gasteiger partial charge on any atom is -0.369 e. The molecule has 0 bridgehead atoms. The zero-order valence-corrected chi connectivity index (χ0v) is 5.72. The predicted molar refractivity (Wildman–Crippen MR) is 35.1 cm³/mol. The molecule has 0 aromatic heterocycles. The van der Waals surface area contributed by atoms with Crippen molar-refractivity contribution in [3.8, 4) is 0 Å². The molecule has 9 heavy (non-hydrogen) atoms. The second kappa shape index (κ2) is 2.33. The van der Waals surface area contributed by atoms with E-state index in [1.165, 1.54) is 0 Å². The fraction of sp³-hybridized carbons (Fsp3) is 0.800. The molecule has 1 amide bonds. The van der Waals surface area contributed by atoms with Crippen LogP contribution in [0.2, 0.25) is 0 Å². The molecule has 0 fully saturated rings. The van der Waals surface area contributed by atoms with Gasteiger partial charge in [0.25, 0.3) is 0 Å². The van der Waals surface area contributed by atoms with Crippen molar-refractivity contribution in [3.63, 3.8) is 0 Å². The normalized spacial score (nSPS) is 15.1. The SMILES string of the molecule is CC(C(N)=O)C(C)(N)N. The van der Waals surface area contributed by atoms with Crippen molar-refractivity contribution in [2.24, 2.45) is 23.1 Å². The van der Waals surface area contributed by atoms with Gasteiger partial charge in [-0.15, -0.1) is 0 Å². The third-order valence-corrected chi connectivity index (χ3v) is 1.36. The predicted octanol–water partition coefficient (Wildman–Crippen LogP) is -1.26. The minimum atomic E-state index is -0.994. The molecule has 0 aromatic rings. The van der Waals surface area contributed by atoms with E-state index in [9.17, 15) is 4.79 Å². The lowest BCUT2D eigenvalue weighted by Gasteiger charge is -2.23. The molecule has 4 heteroatoms. The van der Waals surface area contributed by atoms with Crippen LogP contribution in [-0.4, -0.2) is 11.6 Å². The lowest BCUT2D eigenvalue weighted by atomic mass is 9.98. The van der Waals surface area contributed by atoms with Gasteiger partial charge in [0.15, 0.2) is 0 Å². The molecule has 1 unspecified atom stereocenters. The quantitative estimate of drug-likeness (QED) is 0.408. The van der Waals surface area contributed by atoms with Crippen LogP contribution >= 0.6 is 0 Å². The largest absolute Gasteiger partial charge is 0.369 e. The average Bonchev–Trinajstić information content (AvgIpc) is 1.62. The van der Waals surface area contributed by atoms with Crippen molar-refractivity contribution in [3.05, 3.63) is 0 Å². The van der Waals surface area contributed by atoms with E-state index in [1.54, 1.807) is 13.8 Å². The molecule has 0 aliphatic rings. The summed E-state index contributed by atoms with van der Waals surface area (Å²) in [6.45, 7) is 3.16. The second-order valence-corrected chi connectivity index (χ2v) is 2.49. The van der Waals surface area contributed by atoms with Crippen LogP contribution in [0.5, 0.6) is 0 Å². The number of nitrogens with two attached hydrogens (primary N) is 3. The van der Waals surface area contributed by atoms with E-state index >= 15 is 0 Å². The molecule has 4 nitrogen and oxygen atoms in total. The van der Waals surface area contributed by atoms with Gasteiger partial charge in [0.2, 0.25) is 5.91 Å². The number of primary amides is 1. The summed E-state index contributed by atoms with van der Waals surface area (Å²) in [5.74, 6) is -0.958. The summed E-state index contributed by atoms with van der Waals surface area (Å²) in [5.41, 5.74) is 14.6. The summed E-state index contributed by atoms with van der Waals surface area (Å²) >= 11 is 0. The van der Waals surface area contributed by atoms with Crippen molar-refractivity contribution >= 4 is 5.91 Å². The number of rotatable bonds is 2. The Morgan fingerprint density at radius 3 is 1.89 bits per heavy atom. The molecule has 1 atom stereocenters. The van der Waals surface area contributed by atoms with Crippen LogP contribution in [0.4, 0.5) is 0 Å². The summed E-state index contributed by atoms with van der Waals surface area (Å²) in [5, 5.41) is 0. The summed E-state index contributed by atoms with van der Waals surface area (Å²) in [6.07, 6.45) is 0. The summed E-state index contributed by atoms with van der Waals surface area (Å²) < 4.78 is 0. The Morgan fingerprint density at radius 1 is 1.56 bits per heavy atom. The topological polar surface area (TPSA) is 95.1 Å². The van der Waals surface area contributed by atoms with Gasteiger partial charge in [-0.2, -0.15) is 0 Å². The second-order valence-electron chi connectivity index (χ2n) is 2.49. The van der Waals surface area contributed by atoms with E-state index in [0.29, 0.717) is 0 Å². The third-order valence-electron chi connectivity index (χ3n) is 1.36. The van der Waals surface area contributed by atoms with Crippen molar-refractivity contribution in [2.45, 2.75) is 19.5 Å². The number of carbonyl (C=O) groups excluding carboxylic acids is 1. The molecule has 0 saturated heterocycles. The van der Waals surface area contributed by atoms with E-state index in [4.69, 9.17) is 17.2 Å². The molecule has 54 valence electrons. The van der Waals surface area contributed by atoms with E-state index in [-0.39, 0.29) is 0 Å². The molecule has 0 heterocycles. The molecular weight excluding hydrogens is 118 g/mol. The number of hydrogen-bond acceptors (Lipinski definition) is 3. The van der Waals surface area contributed by atoms with Crippen molar-refractivity contribution < 1.29 is 4.79 Å². The molecule has 0 aliphatic carbocycles. The van der Waals surface area contributed by atoms with E-state index < -0.39 is 17.5 Å². The first-order chi connectivity index (χ1) is 3.85. The maximum absolute atomic E-state index is 10.4. The Morgan fingerprint density at radius 2 is 1.89 bits per heavy atom. The summed E-state index contributed by atoms with van der Waals surface area (Å²) in [6, 6.07) is 0. The summed E-state index contributed by atoms with van der Waals surface area (Å²) in [4.78, 5) is 10.4. The summed E-state index contributed by atoms with van der Waals surface area (Å²) in [7, 11) is 0. The first kappa shape index (κ1) is 8.39. The van der Waals surface area contributed by atoms with Gasteiger partial charge in [0, 0.05) is 0 Å². The van der Waals surface area contributed by atoms with E-state index in [2.05, 4.69) is 0 Å². The van der Waals surface area contributed by atoms with Gasteiger partial charge in [-0.25, -0.2) is 0 Å². The van der Waals surface area contributed by atoms with Gasteiger partial charge in [-0.1, -0.05) is 6.92 Å². The smallest absolute Gasteiger partial charge is 0.223 e. The highest BCUT2D eigenvalue weighted by Gasteiger charge is 2.25. The van der Waals surface area contributed by atoms with Crippen LogP contribution in [0, 0.1) is 5.92 Å². The molecule has 0 saturated carbocycles. The van der Waals surface area contributed by atoms with Gasteiger partial charge in [-0.05, 0) is 6.92 Å². The first-order valence-electron chi connectivity index (χ1n) is 2.72. The molecular formula is C5H13N3O. The van der Waals surface area contributed by atoms with Crippen LogP contribution in [0.3, 0.4) is 0 Å². The fourth-order valence-electron chi connectivity index (χ4n) is 0.307. The maximum Gasteiger partial charge on any atom is 0.223 e. The Balaban J connectivity index is 4.04. The molecule has 0 aliphatic heterocycles. The van der Waals surface area contributed by atoms with Gasteiger partial charge in [0.1, 0.15) is 0 Å². The van der Waals surface area contributed by atoms with Gasteiger partial charge in [-0.3, -0.25) is 4.79 Å². The van der Waals surface area contributed by atoms with E-state index in [1.807, 2.05) is 0 Å². The molecule has 0 radical (unpaired) electrons. The van der Waals surface area contributed by atoms with Crippen molar-refractivity contribution in [1.82, 2.24) is 0 Å². The maximum atomic E-state index is 10.4. The standard InChI is InChI=1S/C5H13N3O/c1-3(4(6)9)5(2,7)8/h3H,7-8H2,1-2H3,(H2,6,9).